The summed E-state index contributed by atoms with van der Waals surface area (Å²) in [5, 5.41) is 7.69. The second kappa shape index (κ2) is 7.75. The maximum absolute atomic E-state index is 12.7. The van der Waals surface area contributed by atoms with Gasteiger partial charge in [-0.15, -0.1) is 0 Å². The van der Waals surface area contributed by atoms with E-state index in [0.717, 1.165) is 16.7 Å². The summed E-state index contributed by atoms with van der Waals surface area (Å²) in [6.45, 7) is 0. The Morgan fingerprint density at radius 1 is 1.07 bits per heavy atom. The smallest absolute Gasteiger partial charge is 0.322 e. The molecule has 27 heavy (non-hydrogen) atoms. The van der Waals surface area contributed by atoms with Gasteiger partial charge in [-0.3, -0.25) is 4.79 Å². The van der Waals surface area contributed by atoms with Crippen molar-refractivity contribution in [3.63, 3.8) is 0 Å². The van der Waals surface area contributed by atoms with E-state index in [-0.39, 0.29) is 11.6 Å². The van der Waals surface area contributed by atoms with E-state index >= 15 is 0 Å². The number of rotatable bonds is 7. The summed E-state index contributed by atoms with van der Waals surface area (Å²) in [4.78, 5) is 15.4. The highest BCUT2D eigenvalue weighted by Gasteiger charge is 2.36. The summed E-state index contributed by atoms with van der Waals surface area (Å²) in [5.41, 5.74) is 3.02. The van der Waals surface area contributed by atoms with Crippen molar-refractivity contribution in [2.24, 2.45) is 7.05 Å². The minimum Gasteiger partial charge on any atom is -0.480 e. The van der Waals surface area contributed by atoms with E-state index in [1.165, 1.54) is 24.0 Å². The molecule has 0 saturated carbocycles. The molecule has 1 heterocycles. The number of hydrogen-bond donors (Lipinski definition) is 1. The maximum Gasteiger partial charge on any atom is 0.322 e. The average Bonchev–Trinajstić information content (AvgIpc) is 3.09. The monoisotopic (exact) mass is 384 g/mol. The van der Waals surface area contributed by atoms with Gasteiger partial charge in [0.05, 0.1) is 0 Å². The third kappa shape index (κ3) is 4.09. The standard InChI is InChI=1S/C20H20N2O4S/c1-22-14-13-21-20(22)27(25,26)18(19(23)24)12-9-15-7-10-17(11-8-15)16-5-3-2-4-6-16/h2-8,10-11,13-14,18H,9,12H2,1H3,(H,23,24). The molecule has 3 aromatic rings. The normalized spacial score (nSPS) is 12.6. The molecule has 2 aromatic carbocycles. The molecule has 1 aromatic heterocycles. The average molecular weight is 384 g/mol. The van der Waals surface area contributed by atoms with Crippen LogP contribution in [-0.4, -0.2) is 34.3 Å². The quantitative estimate of drug-likeness (QED) is 0.676. The lowest BCUT2D eigenvalue weighted by atomic mass is 10.0. The van der Waals surface area contributed by atoms with Gasteiger partial charge < -0.3 is 9.67 Å². The number of aromatic nitrogens is 2. The Kier molecular flexibility index (Phi) is 5.41. The highest BCUT2D eigenvalue weighted by atomic mass is 32.2. The van der Waals surface area contributed by atoms with E-state index in [4.69, 9.17) is 0 Å². The Morgan fingerprint density at radius 3 is 2.26 bits per heavy atom. The SMILES string of the molecule is Cn1ccnc1S(=O)(=O)C(CCc1ccc(-c2ccccc2)cc1)C(=O)O. The molecule has 0 saturated heterocycles. The Bertz CT molecular complexity index is 1030. The van der Waals surface area contributed by atoms with E-state index in [1.54, 1.807) is 0 Å². The van der Waals surface area contributed by atoms with Crippen LogP contribution in [0.1, 0.15) is 12.0 Å². The van der Waals surface area contributed by atoms with Crippen molar-refractivity contribution in [2.75, 3.05) is 0 Å². The summed E-state index contributed by atoms with van der Waals surface area (Å²) >= 11 is 0. The van der Waals surface area contributed by atoms with Crippen molar-refractivity contribution in [3.05, 3.63) is 72.6 Å². The second-order valence-corrected chi connectivity index (χ2v) is 8.32. The molecule has 0 fully saturated rings. The third-order valence-corrected chi connectivity index (χ3v) is 6.53. The van der Waals surface area contributed by atoms with E-state index in [1.807, 2.05) is 54.6 Å². The van der Waals surface area contributed by atoms with Crippen LogP contribution in [0.5, 0.6) is 0 Å². The summed E-state index contributed by atoms with van der Waals surface area (Å²) in [5.74, 6) is -1.36. The molecule has 0 aliphatic heterocycles. The van der Waals surface area contributed by atoms with Crippen molar-refractivity contribution in [3.8, 4) is 11.1 Å². The van der Waals surface area contributed by atoms with Gasteiger partial charge in [0.25, 0.3) is 0 Å². The number of imidazole rings is 1. The number of carboxylic acids is 1. The summed E-state index contributed by atoms with van der Waals surface area (Å²) < 4.78 is 26.6. The molecule has 1 unspecified atom stereocenters. The predicted octanol–water partition coefficient (Wildman–Crippen LogP) is 2.95. The van der Waals surface area contributed by atoms with E-state index in [9.17, 15) is 18.3 Å². The van der Waals surface area contributed by atoms with Gasteiger partial charge in [0.15, 0.2) is 5.25 Å². The topological polar surface area (TPSA) is 89.3 Å². The number of aliphatic carboxylic acids is 1. The number of aryl methyl sites for hydroxylation is 2. The van der Waals surface area contributed by atoms with Crippen LogP contribution in [0, 0.1) is 0 Å². The highest BCUT2D eigenvalue weighted by Crippen LogP contribution is 2.22. The van der Waals surface area contributed by atoms with Crippen LogP contribution in [0.25, 0.3) is 11.1 Å². The summed E-state index contributed by atoms with van der Waals surface area (Å²) in [6.07, 6.45) is 3.15. The fourth-order valence-electron chi connectivity index (χ4n) is 2.96. The zero-order valence-electron chi connectivity index (χ0n) is 14.8. The van der Waals surface area contributed by atoms with Crippen LogP contribution >= 0.6 is 0 Å². The van der Waals surface area contributed by atoms with E-state index in [0.29, 0.717) is 6.42 Å². The highest BCUT2D eigenvalue weighted by molar-refractivity contribution is 7.92. The lowest BCUT2D eigenvalue weighted by molar-refractivity contribution is -0.136. The number of carbonyl (C=O) groups is 1. The lowest BCUT2D eigenvalue weighted by Gasteiger charge is -2.13. The first kappa shape index (κ1) is 18.8. The van der Waals surface area contributed by atoms with Gasteiger partial charge in [-0.2, -0.15) is 0 Å². The molecule has 140 valence electrons. The maximum atomic E-state index is 12.7. The lowest BCUT2D eigenvalue weighted by Crippen LogP contribution is -2.32. The fourth-order valence-corrected chi connectivity index (χ4v) is 4.58. The number of sulfone groups is 1. The Labute approximate surface area is 158 Å². The number of benzene rings is 2. The molecule has 6 nitrogen and oxygen atoms in total. The van der Waals surface area contributed by atoms with Gasteiger partial charge in [0, 0.05) is 19.4 Å². The molecule has 0 spiro atoms. The van der Waals surface area contributed by atoms with Crippen molar-refractivity contribution < 1.29 is 18.3 Å². The largest absolute Gasteiger partial charge is 0.480 e. The first-order valence-electron chi connectivity index (χ1n) is 8.48. The van der Waals surface area contributed by atoms with Crippen LogP contribution in [0.15, 0.2) is 72.1 Å². The Morgan fingerprint density at radius 2 is 1.70 bits per heavy atom. The van der Waals surface area contributed by atoms with Crippen LogP contribution in [0.2, 0.25) is 0 Å². The van der Waals surface area contributed by atoms with Crippen LogP contribution < -0.4 is 0 Å². The predicted molar refractivity (Wildman–Crippen MR) is 102 cm³/mol. The number of hydrogen-bond acceptors (Lipinski definition) is 4. The molecule has 0 bridgehead atoms. The van der Waals surface area contributed by atoms with Gasteiger partial charge in [0.2, 0.25) is 15.0 Å². The molecule has 0 aliphatic rings. The van der Waals surface area contributed by atoms with Crippen molar-refractivity contribution in [2.45, 2.75) is 23.2 Å². The first-order chi connectivity index (χ1) is 12.9. The van der Waals surface area contributed by atoms with Gasteiger partial charge in [-0.05, 0) is 29.5 Å². The second-order valence-electron chi connectivity index (χ2n) is 6.29. The molecular weight excluding hydrogens is 364 g/mol. The van der Waals surface area contributed by atoms with E-state index < -0.39 is 21.1 Å². The third-order valence-electron chi connectivity index (χ3n) is 4.44. The van der Waals surface area contributed by atoms with Gasteiger partial charge in [-0.25, -0.2) is 13.4 Å². The summed E-state index contributed by atoms with van der Waals surface area (Å²) in [6, 6.07) is 17.6. The number of nitrogens with zero attached hydrogens (tertiary/aromatic N) is 2. The molecule has 0 amide bonds. The van der Waals surface area contributed by atoms with E-state index in [2.05, 4.69) is 4.98 Å². The van der Waals surface area contributed by atoms with Crippen molar-refractivity contribution >= 4 is 15.8 Å². The molecule has 1 atom stereocenters. The Balaban J connectivity index is 1.75. The first-order valence-corrected chi connectivity index (χ1v) is 10.0. The van der Waals surface area contributed by atoms with Gasteiger partial charge in [-0.1, -0.05) is 54.6 Å². The molecular formula is C20H20N2O4S. The zero-order valence-corrected chi connectivity index (χ0v) is 15.6. The number of carboxylic acid groups (broad SMARTS) is 1. The van der Waals surface area contributed by atoms with Crippen LogP contribution in [-0.2, 0) is 28.1 Å². The zero-order chi connectivity index (χ0) is 19.4. The minimum absolute atomic E-state index is 0.0186. The van der Waals surface area contributed by atoms with Crippen molar-refractivity contribution in [1.29, 1.82) is 0 Å². The molecule has 3 rings (SSSR count). The van der Waals surface area contributed by atoms with Crippen LogP contribution in [0.3, 0.4) is 0 Å². The summed E-state index contributed by atoms with van der Waals surface area (Å²) in [7, 11) is -2.53. The molecule has 1 N–H and O–H groups in total. The molecule has 0 radical (unpaired) electrons. The van der Waals surface area contributed by atoms with Crippen LogP contribution in [0.4, 0.5) is 0 Å². The molecule has 0 aliphatic carbocycles. The fraction of sp³-hybridized carbons (Fsp3) is 0.200. The van der Waals surface area contributed by atoms with Gasteiger partial charge >= 0.3 is 5.97 Å². The van der Waals surface area contributed by atoms with Crippen molar-refractivity contribution in [1.82, 2.24) is 9.55 Å². The molecule has 7 heteroatoms. The van der Waals surface area contributed by atoms with Gasteiger partial charge in [0.1, 0.15) is 0 Å². The minimum atomic E-state index is -4.06. The Hall–Kier alpha value is -2.93.